The zero-order valence-corrected chi connectivity index (χ0v) is 41.0. The number of hydrogen-bond acceptors (Lipinski definition) is 12. The van der Waals surface area contributed by atoms with Crippen molar-refractivity contribution in [1.82, 2.24) is 47.5 Å². The van der Waals surface area contributed by atoms with Gasteiger partial charge in [-0.1, -0.05) is 48.0 Å². The summed E-state index contributed by atoms with van der Waals surface area (Å²) in [5.74, 6) is -7.67. The summed E-state index contributed by atoms with van der Waals surface area (Å²) in [7, 11) is 0. The number of carbonyl (C=O) groups excluding carboxylic acids is 9. The topological polar surface area (TPSA) is 402 Å². The van der Waals surface area contributed by atoms with E-state index in [1.165, 1.54) is 13.8 Å². The van der Waals surface area contributed by atoms with Gasteiger partial charge in [-0.15, -0.1) is 0 Å². The number of nitrogens with one attached hydrogen (secondary N) is 9. The van der Waals surface area contributed by atoms with E-state index in [9.17, 15) is 48.3 Å². The lowest BCUT2D eigenvalue weighted by molar-refractivity contribution is -0.137. The molecule has 2 unspecified atom stereocenters. The minimum absolute atomic E-state index is 0.0246. The van der Waals surface area contributed by atoms with Crippen molar-refractivity contribution in [3.05, 3.63) is 70.9 Å². The van der Waals surface area contributed by atoms with E-state index in [0.29, 0.717) is 11.1 Å². The summed E-state index contributed by atoms with van der Waals surface area (Å²) in [5, 5.41) is 32.7. The molecule has 0 saturated carbocycles. The molecule has 1 saturated heterocycles. The first-order valence-corrected chi connectivity index (χ1v) is 24.0. The summed E-state index contributed by atoms with van der Waals surface area (Å²) in [4.78, 5) is 130. The highest BCUT2D eigenvalue weighted by Gasteiger charge is 2.36. The second-order valence-electron chi connectivity index (χ2n) is 17.5. The van der Waals surface area contributed by atoms with Crippen LogP contribution in [0.2, 0.25) is 5.02 Å². The number of guanidine groups is 1. The molecular weight excluding hydrogens is 956 g/mol. The molecule has 392 valence electrons. The maximum atomic E-state index is 14.5. The number of nitrogens with two attached hydrogens (primary N) is 4. The Labute approximate surface area is 421 Å². The van der Waals surface area contributed by atoms with Crippen LogP contribution in [0.5, 0.6) is 0 Å². The van der Waals surface area contributed by atoms with E-state index in [2.05, 4.69) is 52.5 Å². The number of aromatic amines is 1. The molecule has 25 heteroatoms. The molecule has 0 aliphatic carbocycles. The van der Waals surface area contributed by atoms with E-state index >= 15 is 0 Å². The number of rotatable bonds is 16. The number of aliphatic hydroxyl groups is 1. The number of benzene rings is 2. The molecule has 18 N–H and O–H groups in total. The third-order valence-corrected chi connectivity index (χ3v) is 12.1. The van der Waals surface area contributed by atoms with Gasteiger partial charge in [-0.25, -0.2) is 0 Å². The van der Waals surface area contributed by atoms with Gasteiger partial charge in [-0.3, -0.25) is 48.1 Å². The van der Waals surface area contributed by atoms with Crippen LogP contribution in [-0.2, 0) is 56.0 Å². The molecular formula is C47H67ClN14O10. The van der Waals surface area contributed by atoms with Crippen molar-refractivity contribution >= 4 is 81.6 Å². The molecule has 2 aromatic carbocycles. The number of H-pyrrole nitrogens is 1. The lowest BCUT2D eigenvalue weighted by Crippen LogP contribution is -2.62. The molecule has 1 aromatic heterocycles. The largest absolute Gasteiger partial charge is 0.391 e. The molecule has 1 fully saturated rings. The van der Waals surface area contributed by atoms with Crippen LogP contribution < -0.4 is 65.5 Å². The van der Waals surface area contributed by atoms with Crippen molar-refractivity contribution in [2.75, 3.05) is 19.6 Å². The number of hydrogen-bond donors (Lipinski definition) is 14. The van der Waals surface area contributed by atoms with Crippen LogP contribution in [0.1, 0.15) is 76.3 Å². The van der Waals surface area contributed by atoms with E-state index in [1.807, 2.05) is 18.2 Å². The van der Waals surface area contributed by atoms with E-state index in [-0.39, 0.29) is 94.8 Å². The van der Waals surface area contributed by atoms with Crippen LogP contribution >= 0.6 is 11.6 Å². The Morgan fingerprint density at radius 2 is 1.44 bits per heavy atom. The average Bonchev–Trinajstić information content (AvgIpc) is 3.74. The molecule has 2 heterocycles. The Bertz CT molecular complexity index is 2430. The SMILES string of the molecule is CC(=O)N[C@@H](CCCN=C(N)N)C(=O)N[C@H]1CCC(=O)NCCCC(C(N)=O)NC(=O)C(Cc2c[nH]c3ccccc23)NC(=O)[C@H](CCCN)NC(=O)[C@@H](Cc2ccccc2Cl)NC(=O)[C@H]([C@@H](C)O)NC1=O. The summed E-state index contributed by atoms with van der Waals surface area (Å²) in [6.07, 6.45) is -0.510. The number of carbonyl (C=O) groups is 9. The Morgan fingerprint density at radius 1 is 0.806 bits per heavy atom. The molecule has 1 aliphatic heterocycles. The van der Waals surface area contributed by atoms with Crippen LogP contribution in [0.15, 0.2) is 59.7 Å². The molecule has 9 amide bonds. The molecule has 0 spiro atoms. The van der Waals surface area contributed by atoms with Crippen molar-refractivity contribution in [2.45, 2.75) is 126 Å². The fourth-order valence-corrected chi connectivity index (χ4v) is 8.11. The first-order valence-electron chi connectivity index (χ1n) is 23.6. The normalized spacial score (nSPS) is 22.1. The molecule has 24 nitrogen and oxygen atoms in total. The third kappa shape index (κ3) is 18.1. The van der Waals surface area contributed by atoms with Gasteiger partial charge in [-0.05, 0) is 81.7 Å². The van der Waals surface area contributed by atoms with Gasteiger partial charge in [0.15, 0.2) is 5.96 Å². The summed E-state index contributed by atoms with van der Waals surface area (Å²) >= 11 is 6.51. The first kappa shape index (κ1) is 57.3. The number of fused-ring (bicyclic) bond motifs is 1. The number of aliphatic imine (C=N–C) groups is 1. The maximum Gasteiger partial charge on any atom is 0.245 e. The van der Waals surface area contributed by atoms with Crippen molar-refractivity contribution in [3.63, 3.8) is 0 Å². The summed E-state index contributed by atoms with van der Waals surface area (Å²) in [5.41, 5.74) is 24.2. The second kappa shape index (κ2) is 28.5. The molecule has 72 heavy (non-hydrogen) atoms. The standard InChI is InChI=1S/C47H67ClN14O10/c1-25(63)39-46(72)61-36(22-27-10-3-5-12-30(27)48)45(71)58-34(14-7-19-49)42(68)60-37(23-28-24-55-31-13-6-4-11-29(28)31)44(70)57-32(40(50)66)15-8-20-53-38(65)18-17-35(43(69)62-39)59-41(67)33(56-26(2)64)16-9-21-54-47(51)52/h3-6,10-13,24-25,32-37,39,55,63H,7-9,14-23,49H2,1-2H3,(H2,50,66)(H,53,65)(H,56,64)(H,57,70)(H,58,71)(H,59,67)(H,60,68)(H,61,72)(H,62,69)(H4,51,52,54)/t25-,32?,33+,34+,35+,36-,37?,39+/m1/s1. The number of aromatic nitrogens is 1. The predicted molar refractivity (Wildman–Crippen MR) is 267 cm³/mol. The highest BCUT2D eigenvalue weighted by molar-refractivity contribution is 6.31. The van der Waals surface area contributed by atoms with Gasteiger partial charge >= 0.3 is 0 Å². The van der Waals surface area contributed by atoms with Crippen molar-refractivity contribution in [2.24, 2.45) is 27.9 Å². The maximum absolute atomic E-state index is 14.5. The zero-order chi connectivity index (χ0) is 52.9. The Balaban J connectivity index is 1.75. The molecule has 4 rings (SSSR count). The lowest BCUT2D eigenvalue weighted by Gasteiger charge is -2.29. The first-order chi connectivity index (χ1) is 34.3. The van der Waals surface area contributed by atoms with E-state index in [4.69, 9.17) is 34.5 Å². The number of halogens is 1. The van der Waals surface area contributed by atoms with Crippen molar-refractivity contribution in [1.29, 1.82) is 0 Å². The smallest absolute Gasteiger partial charge is 0.245 e. The lowest BCUT2D eigenvalue weighted by atomic mass is 10.0. The zero-order valence-electron chi connectivity index (χ0n) is 40.3. The minimum atomic E-state index is -1.78. The van der Waals surface area contributed by atoms with Crippen molar-refractivity contribution < 1.29 is 48.3 Å². The van der Waals surface area contributed by atoms with E-state index in [0.717, 1.165) is 10.9 Å². The van der Waals surface area contributed by atoms with Crippen LogP contribution in [0.3, 0.4) is 0 Å². The van der Waals surface area contributed by atoms with Gasteiger partial charge < -0.3 is 75.6 Å². The monoisotopic (exact) mass is 1020 g/mol. The fourth-order valence-electron chi connectivity index (χ4n) is 7.89. The van der Waals surface area contributed by atoms with Gasteiger partial charge in [0.05, 0.1) is 6.10 Å². The van der Waals surface area contributed by atoms with Gasteiger partial charge in [0.25, 0.3) is 0 Å². The molecule has 0 bridgehead atoms. The number of nitrogens with zero attached hydrogens (tertiary/aromatic N) is 1. The van der Waals surface area contributed by atoms with Crippen LogP contribution in [0.25, 0.3) is 10.9 Å². The number of aliphatic hydroxyl groups excluding tert-OH is 1. The Kier molecular flexibility index (Phi) is 22.7. The van der Waals surface area contributed by atoms with Gasteiger partial charge in [0.1, 0.15) is 42.3 Å². The van der Waals surface area contributed by atoms with Crippen LogP contribution in [0, 0.1) is 0 Å². The molecule has 1 aliphatic rings. The summed E-state index contributed by atoms with van der Waals surface area (Å²) in [6, 6.07) is 3.72. The number of primary amides is 1. The number of para-hydroxylation sites is 1. The highest BCUT2D eigenvalue weighted by atomic mass is 35.5. The average molecular weight is 1020 g/mol. The highest BCUT2D eigenvalue weighted by Crippen LogP contribution is 2.21. The summed E-state index contributed by atoms with van der Waals surface area (Å²) < 4.78 is 0. The third-order valence-electron chi connectivity index (χ3n) is 11.7. The van der Waals surface area contributed by atoms with Crippen molar-refractivity contribution in [3.8, 4) is 0 Å². The van der Waals surface area contributed by atoms with Gasteiger partial charge in [0.2, 0.25) is 53.2 Å². The Hall–Kier alpha value is -7.31. The van der Waals surface area contributed by atoms with E-state index in [1.54, 1.807) is 36.5 Å². The van der Waals surface area contributed by atoms with Gasteiger partial charge in [0, 0.05) is 61.4 Å². The fraction of sp³-hybridized carbons (Fsp3) is 0.489. The van der Waals surface area contributed by atoms with Crippen LogP contribution in [-0.4, -0.2) is 137 Å². The van der Waals surface area contributed by atoms with Gasteiger partial charge in [-0.2, -0.15) is 0 Å². The minimum Gasteiger partial charge on any atom is -0.391 e. The Morgan fingerprint density at radius 3 is 2.11 bits per heavy atom. The number of amides is 9. The molecule has 8 atom stereocenters. The molecule has 3 aromatic rings. The van der Waals surface area contributed by atoms with E-state index < -0.39 is 102 Å². The second-order valence-corrected chi connectivity index (χ2v) is 17.9. The summed E-state index contributed by atoms with van der Waals surface area (Å²) in [6.45, 7) is 2.56. The van der Waals surface area contributed by atoms with Crippen LogP contribution in [0.4, 0.5) is 0 Å². The predicted octanol–water partition coefficient (Wildman–Crippen LogP) is -2.63. The molecule has 0 radical (unpaired) electrons. The quantitative estimate of drug-likeness (QED) is 0.0397.